The van der Waals surface area contributed by atoms with Gasteiger partial charge in [0, 0.05) is 26.6 Å². The van der Waals surface area contributed by atoms with Gasteiger partial charge in [0.1, 0.15) is 5.54 Å². The Kier molecular flexibility index (Phi) is 4.18. The number of nitrogens with one attached hydrogen (secondary N) is 1. The minimum absolute atomic E-state index is 0.0922. The molecule has 4 heteroatoms. The molecule has 1 aliphatic heterocycles. The lowest BCUT2D eigenvalue weighted by molar-refractivity contribution is -0.130. The highest BCUT2D eigenvalue weighted by Crippen LogP contribution is 2.22. The summed E-state index contributed by atoms with van der Waals surface area (Å²) in [5, 5.41) is 12.8. The van der Waals surface area contributed by atoms with E-state index in [1.54, 1.807) is 11.8 Å². The number of hydrogen-bond donors (Lipinski definition) is 1. The van der Waals surface area contributed by atoms with Crippen LogP contribution >= 0.6 is 0 Å². The average Bonchev–Trinajstić information content (AvgIpc) is 2.46. The Morgan fingerprint density at radius 3 is 2.53 bits per heavy atom. The maximum atomic E-state index is 11.3. The van der Waals surface area contributed by atoms with Crippen molar-refractivity contribution in [3.05, 3.63) is 35.9 Å². The third kappa shape index (κ3) is 3.33. The molecule has 0 aromatic heterocycles. The highest BCUT2D eigenvalue weighted by molar-refractivity contribution is 5.73. The predicted molar refractivity (Wildman–Crippen MR) is 73.1 cm³/mol. The highest BCUT2D eigenvalue weighted by atomic mass is 16.2. The van der Waals surface area contributed by atoms with E-state index in [9.17, 15) is 10.1 Å². The topological polar surface area (TPSA) is 56.1 Å². The second-order valence-corrected chi connectivity index (χ2v) is 5.04. The number of carbonyl (C=O) groups excluding carboxylic acids is 1. The van der Waals surface area contributed by atoms with Crippen LogP contribution in [0, 0.1) is 11.3 Å². The molecule has 0 radical (unpaired) electrons. The number of hydrogen-bond acceptors (Lipinski definition) is 3. The van der Waals surface area contributed by atoms with Crippen molar-refractivity contribution in [1.82, 2.24) is 10.2 Å². The van der Waals surface area contributed by atoms with Crippen molar-refractivity contribution in [3.63, 3.8) is 0 Å². The first-order valence-electron chi connectivity index (χ1n) is 6.61. The van der Waals surface area contributed by atoms with E-state index in [1.807, 2.05) is 30.3 Å². The van der Waals surface area contributed by atoms with Crippen molar-refractivity contribution in [1.29, 1.82) is 5.26 Å². The lowest BCUT2D eigenvalue weighted by Gasteiger charge is -2.37. The first-order valence-corrected chi connectivity index (χ1v) is 6.61. The van der Waals surface area contributed by atoms with E-state index in [2.05, 4.69) is 11.4 Å². The molecule has 4 nitrogen and oxygen atoms in total. The molecular formula is C15H19N3O. The van der Waals surface area contributed by atoms with Gasteiger partial charge >= 0.3 is 0 Å². The van der Waals surface area contributed by atoms with Gasteiger partial charge < -0.3 is 4.90 Å². The van der Waals surface area contributed by atoms with Crippen LogP contribution in [-0.2, 0) is 11.3 Å². The summed E-state index contributed by atoms with van der Waals surface area (Å²) < 4.78 is 0. The number of nitriles is 1. The summed E-state index contributed by atoms with van der Waals surface area (Å²) in [5.41, 5.74) is 0.674. The molecule has 1 N–H and O–H groups in total. The number of benzene rings is 1. The van der Waals surface area contributed by atoms with E-state index in [0.29, 0.717) is 32.5 Å². The number of nitrogens with zero attached hydrogens (tertiary/aromatic N) is 2. The van der Waals surface area contributed by atoms with Gasteiger partial charge in [-0.15, -0.1) is 0 Å². The number of piperidine rings is 1. The predicted octanol–water partition coefficient (Wildman–Crippen LogP) is 1.68. The van der Waals surface area contributed by atoms with Crippen molar-refractivity contribution < 1.29 is 4.79 Å². The molecule has 0 unspecified atom stereocenters. The second-order valence-electron chi connectivity index (χ2n) is 5.04. The monoisotopic (exact) mass is 257 g/mol. The fourth-order valence-electron chi connectivity index (χ4n) is 2.40. The van der Waals surface area contributed by atoms with Gasteiger partial charge in [0.05, 0.1) is 6.07 Å². The number of carbonyl (C=O) groups is 1. The van der Waals surface area contributed by atoms with E-state index >= 15 is 0 Å². The summed E-state index contributed by atoms with van der Waals surface area (Å²) in [5.74, 6) is 0.0922. The summed E-state index contributed by atoms with van der Waals surface area (Å²) >= 11 is 0. The number of rotatable bonds is 3. The Labute approximate surface area is 114 Å². The standard InChI is InChI=1S/C15H19N3O/c1-13(19)18-9-7-15(12-16,8-10-18)17-11-14-5-3-2-4-6-14/h2-6,17H,7-11H2,1H3. The van der Waals surface area contributed by atoms with Gasteiger partial charge in [-0.2, -0.15) is 5.26 Å². The van der Waals surface area contributed by atoms with E-state index in [1.165, 1.54) is 5.56 Å². The first kappa shape index (κ1) is 13.6. The molecule has 0 spiro atoms. The summed E-state index contributed by atoms with van der Waals surface area (Å²) in [6.45, 7) is 3.58. The van der Waals surface area contributed by atoms with Crippen molar-refractivity contribution >= 4 is 5.91 Å². The maximum absolute atomic E-state index is 11.3. The van der Waals surface area contributed by atoms with Crippen LogP contribution in [0.25, 0.3) is 0 Å². The molecular weight excluding hydrogens is 238 g/mol. The van der Waals surface area contributed by atoms with Gasteiger partial charge in [-0.1, -0.05) is 30.3 Å². The molecule has 19 heavy (non-hydrogen) atoms. The van der Waals surface area contributed by atoms with Crippen molar-refractivity contribution in [2.75, 3.05) is 13.1 Å². The lowest BCUT2D eigenvalue weighted by atomic mass is 9.88. The van der Waals surface area contributed by atoms with Crippen LogP contribution in [0.2, 0.25) is 0 Å². The molecule has 1 aliphatic rings. The summed E-state index contributed by atoms with van der Waals surface area (Å²) in [7, 11) is 0. The summed E-state index contributed by atoms with van der Waals surface area (Å²) in [6.07, 6.45) is 1.38. The van der Waals surface area contributed by atoms with Crippen LogP contribution in [0.3, 0.4) is 0 Å². The van der Waals surface area contributed by atoms with Crippen LogP contribution in [-0.4, -0.2) is 29.4 Å². The van der Waals surface area contributed by atoms with Gasteiger partial charge in [-0.3, -0.25) is 10.1 Å². The largest absolute Gasteiger partial charge is 0.343 e. The Balaban J connectivity index is 1.94. The van der Waals surface area contributed by atoms with E-state index < -0.39 is 5.54 Å². The third-order valence-corrected chi connectivity index (χ3v) is 3.75. The molecule has 1 fully saturated rings. The average molecular weight is 257 g/mol. The minimum atomic E-state index is -0.498. The van der Waals surface area contributed by atoms with Crippen LogP contribution in [0.15, 0.2) is 30.3 Å². The third-order valence-electron chi connectivity index (χ3n) is 3.75. The first-order chi connectivity index (χ1) is 9.15. The van der Waals surface area contributed by atoms with Crippen LogP contribution in [0.1, 0.15) is 25.3 Å². The van der Waals surface area contributed by atoms with E-state index in [4.69, 9.17) is 0 Å². The zero-order chi connectivity index (χ0) is 13.7. The van der Waals surface area contributed by atoms with Crippen LogP contribution < -0.4 is 5.32 Å². The fourth-order valence-corrected chi connectivity index (χ4v) is 2.40. The van der Waals surface area contributed by atoms with Gasteiger partial charge in [-0.05, 0) is 18.4 Å². The van der Waals surface area contributed by atoms with Crippen molar-refractivity contribution in [2.45, 2.75) is 31.8 Å². The highest BCUT2D eigenvalue weighted by Gasteiger charge is 2.34. The van der Waals surface area contributed by atoms with E-state index in [-0.39, 0.29) is 5.91 Å². The molecule has 2 rings (SSSR count). The number of likely N-dealkylation sites (tertiary alicyclic amines) is 1. The molecule has 0 bridgehead atoms. The zero-order valence-electron chi connectivity index (χ0n) is 11.2. The Hall–Kier alpha value is -1.86. The fraction of sp³-hybridized carbons (Fsp3) is 0.467. The van der Waals surface area contributed by atoms with E-state index in [0.717, 1.165) is 0 Å². The van der Waals surface area contributed by atoms with Gasteiger partial charge in [0.2, 0.25) is 5.91 Å². The molecule has 0 aliphatic carbocycles. The minimum Gasteiger partial charge on any atom is -0.343 e. The van der Waals surface area contributed by atoms with Crippen molar-refractivity contribution in [3.8, 4) is 6.07 Å². The van der Waals surface area contributed by atoms with Crippen LogP contribution in [0.5, 0.6) is 0 Å². The molecule has 0 atom stereocenters. The van der Waals surface area contributed by atoms with Crippen LogP contribution in [0.4, 0.5) is 0 Å². The molecule has 0 saturated carbocycles. The molecule has 1 heterocycles. The molecule has 100 valence electrons. The summed E-state index contributed by atoms with van der Waals surface area (Å²) in [4.78, 5) is 13.1. The van der Waals surface area contributed by atoms with Crippen molar-refractivity contribution in [2.24, 2.45) is 0 Å². The molecule has 1 aromatic carbocycles. The zero-order valence-corrected chi connectivity index (χ0v) is 11.2. The summed E-state index contributed by atoms with van der Waals surface area (Å²) in [6, 6.07) is 12.5. The smallest absolute Gasteiger partial charge is 0.219 e. The quantitative estimate of drug-likeness (QED) is 0.896. The van der Waals surface area contributed by atoms with Gasteiger partial charge in [0.25, 0.3) is 0 Å². The second kappa shape index (κ2) is 5.85. The molecule has 1 aromatic rings. The van der Waals surface area contributed by atoms with Gasteiger partial charge in [0.15, 0.2) is 0 Å². The lowest BCUT2D eigenvalue weighted by Crippen LogP contribution is -2.53. The Bertz CT molecular complexity index is 470. The maximum Gasteiger partial charge on any atom is 0.219 e. The SMILES string of the molecule is CC(=O)N1CCC(C#N)(NCc2ccccc2)CC1. The Morgan fingerprint density at radius 2 is 2.00 bits per heavy atom. The normalized spacial score (nSPS) is 17.8. The Morgan fingerprint density at radius 1 is 1.37 bits per heavy atom. The molecule has 1 amide bonds. The van der Waals surface area contributed by atoms with Gasteiger partial charge in [-0.25, -0.2) is 0 Å². The molecule has 1 saturated heterocycles. The number of amides is 1.